The summed E-state index contributed by atoms with van der Waals surface area (Å²) in [7, 11) is 0. The third-order valence-electron chi connectivity index (χ3n) is 3.70. The molecule has 2 fully saturated rings. The summed E-state index contributed by atoms with van der Waals surface area (Å²) in [5, 5.41) is 8.97. The number of carboxylic acid groups (broad SMARTS) is 1. The van der Waals surface area contributed by atoms with E-state index in [-0.39, 0.29) is 5.69 Å². The van der Waals surface area contributed by atoms with E-state index in [1.165, 1.54) is 6.07 Å². The first kappa shape index (κ1) is 13.1. The van der Waals surface area contributed by atoms with Gasteiger partial charge in [0.25, 0.3) is 0 Å². The number of aromatic nitrogens is 1. The van der Waals surface area contributed by atoms with Crippen molar-refractivity contribution in [3.63, 3.8) is 0 Å². The van der Waals surface area contributed by atoms with Crippen molar-refractivity contribution in [2.45, 2.75) is 25.5 Å². The number of likely N-dealkylation sites (tertiary alicyclic amines) is 1. The number of carboxylic acids is 1. The van der Waals surface area contributed by atoms with Crippen LogP contribution in [0.3, 0.4) is 0 Å². The van der Waals surface area contributed by atoms with Crippen LogP contribution in [0.15, 0.2) is 12.1 Å². The predicted octanol–water partition coefficient (Wildman–Crippen LogP) is 0.913. The summed E-state index contributed by atoms with van der Waals surface area (Å²) in [5.74, 6) is 5.13. The quantitative estimate of drug-likeness (QED) is 0.811. The SMILES string of the molecule is Cc1cc(C#CCN2C[C@@H]3C[C@H]2CO3)cc(C(=O)O)n1. The minimum Gasteiger partial charge on any atom is -0.477 e. The molecular weight excluding hydrogens is 256 g/mol. The molecule has 2 aliphatic heterocycles. The van der Waals surface area contributed by atoms with Gasteiger partial charge in [-0.15, -0.1) is 0 Å². The van der Waals surface area contributed by atoms with Gasteiger partial charge in [-0.1, -0.05) is 11.8 Å². The Kier molecular flexibility index (Phi) is 3.43. The number of ether oxygens (including phenoxy) is 1. The summed E-state index contributed by atoms with van der Waals surface area (Å²) in [4.78, 5) is 17.2. The molecule has 3 heterocycles. The van der Waals surface area contributed by atoms with Crippen molar-refractivity contribution in [1.82, 2.24) is 9.88 Å². The normalized spacial score (nSPS) is 24.4. The second-order valence-electron chi connectivity index (χ2n) is 5.26. The van der Waals surface area contributed by atoms with Crippen molar-refractivity contribution in [2.24, 2.45) is 0 Å². The molecule has 2 aliphatic rings. The van der Waals surface area contributed by atoms with Crippen molar-refractivity contribution in [2.75, 3.05) is 19.7 Å². The molecule has 1 aromatic rings. The summed E-state index contributed by atoms with van der Waals surface area (Å²) in [5.41, 5.74) is 1.42. The predicted molar refractivity (Wildman–Crippen MR) is 72.5 cm³/mol. The van der Waals surface area contributed by atoms with Crippen LogP contribution in [0.5, 0.6) is 0 Å². The number of pyridine rings is 1. The number of fused-ring (bicyclic) bond motifs is 2. The summed E-state index contributed by atoms with van der Waals surface area (Å²) >= 11 is 0. The summed E-state index contributed by atoms with van der Waals surface area (Å²) in [6.45, 7) is 4.24. The van der Waals surface area contributed by atoms with Gasteiger partial charge in [-0.05, 0) is 25.5 Å². The standard InChI is InChI=1S/C15H16N2O3/c1-10-5-11(6-14(16-10)15(18)19)3-2-4-17-8-13-7-12(17)9-20-13/h5-6,12-13H,4,7-9H2,1H3,(H,18,19)/t12-,13-/m0/s1. The first-order valence-electron chi connectivity index (χ1n) is 6.68. The van der Waals surface area contributed by atoms with Gasteiger partial charge in [0.2, 0.25) is 0 Å². The molecule has 5 heteroatoms. The molecule has 0 unspecified atom stereocenters. The number of aromatic carboxylic acids is 1. The zero-order valence-electron chi connectivity index (χ0n) is 11.3. The molecular formula is C15H16N2O3. The van der Waals surface area contributed by atoms with Crippen LogP contribution in [0.25, 0.3) is 0 Å². The lowest BCUT2D eigenvalue weighted by atomic mass is 10.2. The number of morpholine rings is 1. The van der Waals surface area contributed by atoms with E-state index in [0.717, 1.165) is 19.6 Å². The molecule has 104 valence electrons. The molecule has 2 saturated heterocycles. The Hall–Kier alpha value is -1.90. The van der Waals surface area contributed by atoms with Crippen molar-refractivity contribution < 1.29 is 14.6 Å². The minimum absolute atomic E-state index is 0.0444. The number of hydrogen-bond acceptors (Lipinski definition) is 4. The number of rotatable bonds is 2. The molecule has 1 aromatic heterocycles. The highest BCUT2D eigenvalue weighted by Gasteiger charge is 2.38. The average molecular weight is 272 g/mol. The smallest absolute Gasteiger partial charge is 0.354 e. The Morgan fingerprint density at radius 1 is 1.60 bits per heavy atom. The fraction of sp³-hybridized carbons (Fsp3) is 0.467. The van der Waals surface area contributed by atoms with Gasteiger partial charge in [0, 0.05) is 23.8 Å². The largest absolute Gasteiger partial charge is 0.477 e. The highest BCUT2D eigenvalue weighted by Crippen LogP contribution is 2.26. The summed E-state index contributed by atoms with van der Waals surface area (Å²) in [6, 6.07) is 3.82. The third-order valence-corrected chi connectivity index (χ3v) is 3.70. The Balaban J connectivity index is 1.69. The van der Waals surface area contributed by atoms with Gasteiger partial charge in [-0.25, -0.2) is 9.78 Å². The van der Waals surface area contributed by atoms with Crippen LogP contribution < -0.4 is 0 Å². The Labute approximate surface area is 117 Å². The van der Waals surface area contributed by atoms with Crippen molar-refractivity contribution >= 4 is 5.97 Å². The van der Waals surface area contributed by atoms with Gasteiger partial charge >= 0.3 is 5.97 Å². The molecule has 3 rings (SSSR count). The zero-order chi connectivity index (χ0) is 14.1. The van der Waals surface area contributed by atoms with Crippen molar-refractivity contribution in [1.29, 1.82) is 0 Å². The lowest BCUT2D eigenvalue weighted by Crippen LogP contribution is -2.37. The van der Waals surface area contributed by atoms with Gasteiger partial charge in [-0.3, -0.25) is 4.90 Å². The van der Waals surface area contributed by atoms with Crippen molar-refractivity contribution in [3.8, 4) is 11.8 Å². The van der Waals surface area contributed by atoms with Crippen LogP contribution in [0.4, 0.5) is 0 Å². The lowest BCUT2D eigenvalue weighted by molar-refractivity contribution is 0.0363. The highest BCUT2D eigenvalue weighted by molar-refractivity contribution is 5.85. The molecule has 0 spiro atoms. The Morgan fingerprint density at radius 3 is 3.10 bits per heavy atom. The fourth-order valence-corrected chi connectivity index (χ4v) is 2.77. The number of carbonyl (C=O) groups is 1. The van der Waals surface area contributed by atoms with E-state index in [9.17, 15) is 4.79 Å². The van der Waals surface area contributed by atoms with Crippen molar-refractivity contribution in [3.05, 3.63) is 29.1 Å². The van der Waals surface area contributed by atoms with E-state index in [1.54, 1.807) is 13.0 Å². The molecule has 0 amide bonds. The lowest BCUT2D eigenvalue weighted by Gasteiger charge is -2.24. The summed E-state index contributed by atoms with van der Waals surface area (Å²) < 4.78 is 5.54. The molecule has 0 aliphatic carbocycles. The Morgan fingerprint density at radius 2 is 2.45 bits per heavy atom. The maximum absolute atomic E-state index is 10.9. The van der Waals surface area contributed by atoms with Crippen LogP contribution in [-0.2, 0) is 4.74 Å². The highest BCUT2D eigenvalue weighted by atomic mass is 16.5. The van der Waals surface area contributed by atoms with Crippen LogP contribution in [0.2, 0.25) is 0 Å². The maximum Gasteiger partial charge on any atom is 0.354 e. The van der Waals surface area contributed by atoms with Gasteiger partial charge < -0.3 is 9.84 Å². The Bertz CT molecular complexity index is 603. The van der Waals surface area contributed by atoms with E-state index < -0.39 is 5.97 Å². The zero-order valence-corrected chi connectivity index (χ0v) is 11.3. The average Bonchev–Trinajstić information content (AvgIpc) is 3.00. The molecule has 5 nitrogen and oxygen atoms in total. The van der Waals surface area contributed by atoms with Crippen LogP contribution >= 0.6 is 0 Å². The van der Waals surface area contributed by atoms with Crippen LogP contribution in [0.1, 0.15) is 28.2 Å². The van der Waals surface area contributed by atoms with Crippen LogP contribution in [-0.4, -0.2) is 52.8 Å². The van der Waals surface area contributed by atoms with E-state index in [4.69, 9.17) is 9.84 Å². The second-order valence-corrected chi connectivity index (χ2v) is 5.26. The molecule has 20 heavy (non-hydrogen) atoms. The molecule has 0 aromatic carbocycles. The third kappa shape index (κ3) is 2.67. The molecule has 0 saturated carbocycles. The topological polar surface area (TPSA) is 62.7 Å². The number of nitrogens with zero attached hydrogens (tertiary/aromatic N) is 2. The van der Waals surface area contributed by atoms with Gasteiger partial charge in [0.1, 0.15) is 5.69 Å². The first-order valence-corrected chi connectivity index (χ1v) is 6.68. The maximum atomic E-state index is 10.9. The molecule has 2 atom stereocenters. The number of hydrogen-bond donors (Lipinski definition) is 1. The minimum atomic E-state index is -1.02. The van der Waals surface area contributed by atoms with Crippen LogP contribution in [0, 0.1) is 18.8 Å². The molecule has 2 bridgehead atoms. The monoisotopic (exact) mass is 272 g/mol. The fourth-order valence-electron chi connectivity index (χ4n) is 2.77. The second kappa shape index (κ2) is 5.23. The van der Waals surface area contributed by atoms with E-state index in [0.29, 0.717) is 29.9 Å². The number of aryl methyl sites for hydroxylation is 1. The van der Waals surface area contributed by atoms with Gasteiger partial charge in [0.05, 0.1) is 19.3 Å². The van der Waals surface area contributed by atoms with Gasteiger partial charge in [-0.2, -0.15) is 0 Å². The first-order chi connectivity index (χ1) is 9.61. The van der Waals surface area contributed by atoms with E-state index in [2.05, 4.69) is 21.7 Å². The van der Waals surface area contributed by atoms with E-state index >= 15 is 0 Å². The summed E-state index contributed by atoms with van der Waals surface area (Å²) in [6.07, 6.45) is 1.49. The van der Waals surface area contributed by atoms with Gasteiger partial charge in [0.15, 0.2) is 0 Å². The molecule has 1 N–H and O–H groups in total. The molecule has 0 radical (unpaired) electrons. The van der Waals surface area contributed by atoms with E-state index in [1.807, 2.05) is 0 Å².